The molecule has 1 aliphatic rings. The molecule has 0 spiro atoms. The van der Waals surface area contributed by atoms with Gasteiger partial charge in [-0.1, -0.05) is 23.2 Å². The van der Waals surface area contributed by atoms with Gasteiger partial charge in [-0.25, -0.2) is 9.86 Å². The summed E-state index contributed by atoms with van der Waals surface area (Å²) >= 11 is 11.9. The average Bonchev–Trinajstić information content (AvgIpc) is 3.12. The van der Waals surface area contributed by atoms with E-state index in [0.29, 0.717) is 31.2 Å². The van der Waals surface area contributed by atoms with Gasteiger partial charge >= 0.3 is 12.2 Å². The number of hydroxylamine groups is 2. The van der Waals surface area contributed by atoms with Crippen LogP contribution < -0.4 is 14.9 Å². The van der Waals surface area contributed by atoms with E-state index in [1.165, 1.54) is 14.2 Å². The molecule has 186 valence electrons. The average molecular weight is 524 g/mol. The number of nitrogens with zero attached hydrogens (tertiary/aromatic N) is 5. The lowest BCUT2D eigenvalue weighted by Crippen LogP contribution is -2.55. The fraction of sp³-hybridized carbons (Fsp3) is 0.450. The number of nitrogens with one attached hydrogen (secondary N) is 1. The molecule has 3 rings (SSSR count). The van der Waals surface area contributed by atoms with E-state index < -0.39 is 29.6 Å². The molecule has 0 aliphatic carbocycles. The van der Waals surface area contributed by atoms with Gasteiger partial charge in [0.1, 0.15) is 0 Å². The van der Waals surface area contributed by atoms with Crippen LogP contribution in [0.5, 0.6) is 0 Å². The van der Waals surface area contributed by atoms with Crippen molar-refractivity contribution in [2.45, 2.75) is 19.4 Å². The SMILES string of the molecule is CON(C)C(=O)NCn1c(Cl)c(C(F)(F)F)c[n+]1CC(=O)N1CCN(c2ccc(Cl)cc2)CC1. The third-order valence-corrected chi connectivity index (χ3v) is 6.05. The second-order valence-corrected chi connectivity index (χ2v) is 8.29. The summed E-state index contributed by atoms with van der Waals surface area (Å²) in [6.45, 7) is 1.14. The van der Waals surface area contributed by atoms with Crippen LogP contribution >= 0.6 is 23.2 Å². The molecule has 9 nitrogen and oxygen atoms in total. The second-order valence-electron chi connectivity index (χ2n) is 7.49. The van der Waals surface area contributed by atoms with Crippen LogP contribution in [0.25, 0.3) is 0 Å². The Morgan fingerprint density at radius 2 is 1.76 bits per heavy atom. The van der Waals surface area contributed by atoms with Crippen molar-refractivity contribution >= 4 is 40.8 Å². The molecular weight excluding hydrogens is 500 g/mol. The van der Waals surface area contributed by atoms with Crippen LogP contribution in [0.15, 0.2) is 30.5 Å². The number of urea groups is 1. The highest BCUT2D eigenvalue weighted by Gasteiger charge is 2.41. The second kappa shape index (κ2) is 10.7. The number of aromatic nitrogens is 2. The minimum Gasteiger partial charge on any atom is -0.368 e. The Kier molecular flexibility index (Phi) is 8.16. The van der Waals surface area contributed by atoms with Crippen molar-refractivity contribution in [2.75, 3.05) is 45.2 Å². The molecule has 0 radical (unpaired) electrons. The van der Waals surface area contributed by atoms with Gasteiger partial charge in [0.25, 0.3) is 5.91 Å². The highest BCUT2D eigenvalue weighted by atomic mass is 35.5. The highest BCUT2D eigenvalue weighted by Crippen LogP contribution is 2.33. The minimum absolute atomic E-state index is 0.370. The number of hydrogen-bond donors (Lipinski definition) is 1. The van der Waals surface area contributed by atoms with Crippen molar-refractivity contribution in [1.29, 1.82) is 0 Å². The number of carbonyl (C=O) groups excluding carboxylic acids is 2. The molecule has 0 atom stereocenters. The van der Waals surface area contributed by atoms with E-state index in [0.717, 1.165) is 26.3 Å². The molecule has 1 fully saturated rings. The monoisotopic (exact) mass is 523 g/mol. The van der Waals surface area contributed by atoms with E-state index in [1.54, 1.807) is 17.0 Å². The molecule has 1 aromatic heterocycles. The number of hydrogen-bond acceptors (Lipinski definition) is 4. The Bertz CT molecular complexity index is 1020. The van der Waals surface area contributed by atoms with Crippen molar-refractivity contribution in [2.24, 2.45) is 0 Å². The van der Waals surface area contributed by atoms with Gasteiger partial charge in [-0.3, -0.25) is 9.63 Å². The summed E-state index contributed by atoms with van der Waals surface area (Å²) in [7, 11) is 2.59. The molecule has 1 aromatic carbocycles. The smallest absolute Gasteiger partial charge is 0.368 e. The topological polar surface area (TPSA) is 73.9 Å². The summed E-state index contributed by atoms with van der Waals surface area (Å²) in [6, 6.07) is 6.64. The molecule has 1 aliphatic heterocycles. The number of halogens is 5. The van der Waals surface area contributed by atoms with Crippen LogP contribution in [0.4, 0.5) is 23.7 Å². The van der Waals surface area contributed by atoms with E-state index >= 15 is 0 Å². The highest BCUT2D eigenvalue weighted by molar-refractivity contribution is 6.30. The molecular formula is C20H24Cl2F3N6O3+. The number of rotatable bonds is 6. The maximum atomic E-state index is 13.4. The van der Waals surface area contributed by atoms with Gasteiger partial charge < -0.3 is 15.1 Å². The number of benzene rings is 1. The van der Waals surface area contributed by atoms with Crippen LogP contribution in [0.1, 0.15) is 5.56 Å². The molecule has 34 heavy (non-hydrogen) atoms. The lowest BCUT2D eigenvalue weighted by atomic mass is 10.2. The summed E-state index contributed by atoms with van der Waals surface area (Å²) in [6.07, 6.45) is -3.97. The fourth-order valence-electron chi connectivity index (χ4n) is 3.45. The van der Waals surface area contributed by atoms with Crippen molar-refractivity contribution in [3.05, 3.63) is 46.2 Å². The number of amides is 3. The van der Waals surface area contributed by atoms with Crippen LogP contribution in [0.3, 0.4) is 0 Å². The number of carbonyl (C=O) groups is 2. The van der Waals surface area contributed by atoms with Gasteiger partial charge in [-0.15, -0.1) is 9.36 Å². The van der Waals surface area contributed by atoms with Crippen molar-refractivity contribution < 1.29 is 32.3 Å². The third kappa shape index (κ3) is 6.05. The minimum atomic E-state index is -4.73. The number of anilines is 1. The fourth-order valence-corrected chi connectivity index (χ4v) is 3.89. The van der Waals surface area contributed by atoms with Crippen LogP contribution in [0, 0.1) is 0 Å². The zero-order valence-electron chi connectivity index (χ0n) is 18.5. The molecule has 3 amide bonds. The molecule has 0 saturated carbocycles. The first-order valence-electron chi connectivity index (χ1n) is 10.2. The molecule has 0 unspecified atom stereocenters. The number of piperazine rings is 1. The molecule has 2 heterocycles. The largest absolute Gasteiger partial charge is 0.425 e. The van der Waals surface area contributed by atoms with Crippen LogP contribution in [0.2, 0.25) is 10.2 Å². The molecule has 1 N–H and O–H groups in total. The molecule has 14 heteroatoms. The van der Waals surface area contributed by atoms with Crippen LogP contribution in [-0.2, 0) is 29.0 Å². The van der Waals surface area contributed by atoms with Gasteiger partial charge in [-0.2, -0.15) is 13.2 Å². The van der Waals surface area contributed by atoms with E-state index in [-0.39, 0.29) is 12.5 Å². The first-order valence-corrected chi connectivity index (χ1v) is 11.0. The molecule has 2 aromatic rings. The quantitative estimate of drug-likeness (QED) is 0.466. The predicted octanol–water partition coefficient (Wildman–Crippen LogP) is 2.61. The van der Waals surface area contributed by atoms with Gasteiger partial charge in [0, 0.05) is 43.9 Å². The Morgan fingerprint density at radius 3 is 2.32 bits per heavy atom. The first kappa shape index (κ1) is 25.9. The van der Waals surface area contributed by atoms with E-state index in [9.17, 15) is 22.8 Å². The van der Waals surface area contributed by atoms with Crippen molar-refractivity contribution in [1.82, 2.24) is 20.0 Å². The van der Waals surface area contributed by atoms with Crippen LogP contribution in [-0.4, -0.2) is 66.9 Å². The summed E-state index contributed by atoms with van der Waals surface area (Å²) in [4.78, 5) is 33.2. The van der Waals surface area contributed by atoms with E-state index in [4.69, 9.17) is 28.0 Å². The zero-order chi connectivity index (χ0) is 25.0. The Morgan fingerprint density at radius 1 is 1.15 bits per heavy atom. The summed E-state index contributed by atoms with van der Waals surface area (Å²) in [5.41, 5.74) is -0.137. The molecule has 1 saturated heterocycles. The lowest BCUT2D eigenvalue weighted by molar-refractivity contribution is -0.765. The van der Waals surface area contributed by atoms with Crippen molar-refractivity contribution in [3.8, 4) is 0 Å². The Balaban J connectivity index is 1.70. The van der Waals surface area contributed by atoms with Crippen molar-refractivity contribution in [3.63, 3.8) is 0 Å². The Labute approximate surface area is 204 Å². The lowest BCUT2D eigenvalue weighted by Gasteiger charge is -2.35. The summed E-state index contributed by atoms with van der Waals surface area (Å²) in [5.74, 6) is -0.370. The van der Waals surface area contributed by atoms with Gasteiger partial charge in [-0.05, 0) is 24.3 Å². The molecule has 0 bridgehead atoms. The van der Waals surface area contributed by atoms with Gasteiger partial charge in [0.2, 0.25) is 12.7 Å². The Hall–Kier alpha value is -2.70. The van der Waals surface area contributed by atoms with Gasteiger partial charge in [0.05, 0.1) is 7.11 Å². The maximum absolute atomic E-state index is 13.4. The third-order valence-electron chi connectivity index (χ3n) is 5.40. The normalized spacial score (nSPS) is 14.3. The zero-order valence-corrected chi connectivity index (χ0v) is 20.0. The summed E-state index contributed by atoms with van der Waals surface area (Å²) < 4.78 is 42.3. The first-order chi connectivity index (χ1) is 16.0. The van der Waals surface area contributed by atoms with E-state index in [1.807, 2.05) is 12.1 Å². The van der Waals surface area contributed by atoms with Gasteiger partial charge in [0.15, 0.2) is 17.4 Å². The predicted molar refractivity (Wildman–Crippen MR) is 118 cm³/mol. The number of alkyl halides is 3. The standard InChI is InChI=1S/C20H23Cl2F3N6O3/c1-27(34-2)19(33)26-13-31-18(22)16(20(23,24)25)11-30(31)12-17(32)29-9-7-28(8-10-29)15-5-3-14(21)4-6-15/h3-6,11H,7-10,12-13H2,1-2H3/p+1. The van der Waals surface area contributed by atoms with E-state index in [2.05, 4.69) is 10.2 Å². The summed E-state index contributed by atoms with van der Waals surface area (Å²) in [5, 5.41) is 3.23. The maximum Gasteiger partial charge on any atom is 0.425 e.